The predicted molar refractivity (Wildman–Crippen MR) is 77.2 cm³/mol. The quantitative estimate of drug-likeness (QED) is 0.883. The molecule has 2 unspecified atom stereocenters. The van der Waals surface area contributed by atoms with Crippen LogP contribution in [0.25, 0.3) is 0 Å². The zero-order valence-electron chi connectivity index (χ0n) is 11.3. The fourth-order valence-electron chi connectivity index (χ4n) is 3.53. The number of nitriles is 1. The molecule has 2 heterocycles. The summed E-state index contributed by atoms with van der Waals surface area (Å²) in [6.45, 7) is 2.23. The number of piperidine rings is 1. The molecular formula is C16H21N3. The van der Waals surface area contributed by atoms with Gasteiger partial charge in [0.2, 0.25) is 0 Å². The minimum atomic E-state index is 0.561. The minimum absolute atomic E-state index is 0.561. The van der Waals surface area contributed by atoms with Crippen molar-refractivity contribution in [2.24, 2.45) is 0 Å². The van der Waals surface area contributed by atoms with Crippen LogP contribution in [0, 0.1) is 11.3 Å². The summed E-state index contributed by atoms with van der Waals surface area (Å²) in [5.74, 6) is 0. The Labute approximate surface area is 115 Å². The Balaban J connectivity index is 1.89. The molecule has 2 saturated heterocycles. The van der Waals surface area contributed by atoms with E-state index in [-0.39, 0.29) is 0 Å². The van der Waals surface area contributed by atoms with Crippen LogP contribution in [0.3, 0.4) is 0 Å². The molecule has 0 saturated carbocycles. The molecular weight excluding hydrogens is 234 g/mol. The Morgan fingerprint density at radius 3 is 2.84 bits per heavy atom. The molecule has 0 bridgehead atoms. The molecule has 1 N–H and O–H groups in total. The third-order valence-electron chi connectivity index (χ3n) is 4.45. The Hall–Kier alpha value is -1.53. The summed E-state index contributed by atoms with van der Waals surface area (Å²) in [6, 6.07) is 11.5. The molecule has 0 aliphatic carbocycles. The maximum absolute atomic E-state index is 9.31. The van der Waals surface area contributed by atoms with Gasteiger partial charge in [-0.1, -0.05) is 12.1 Å². The Bertz CT molecular complexity index is 471. The van der Waals surface area contributed by atoms with Crippen LogP contribution in [-0.2, 0) is 0 Å². The van der Waals surface area contributed by atoms with Crippen molar-refractivity contribution in [3.8, 4) is 6.07 Å². The van der Waals surface area contributed by atoms with E-state index in [2.05, 4.69) is 22.4 Å². The first-order valence-corrected chi connectivity index (χ1v) is 7.39. The highest BCUT2D eigenvalue weighted by molar-refractivity contribution is 5.60. The molecule has 0 radical (unpaired) electrons. The number of nitrogens with one attached hydrogen (secondary N) is 1. The lowest BCUT2D eigenvalue weighted by Gasteiger charge is -2.41. The highest BCUT2D eigenvalue weighted by Crippen LogP contribution is 2.31. The van der Waals surface area contributed by atoms with Gasteiger partial charge < -0.3 is 10.2 Å². The maximum atomic E-state index is 9.31. The summed E-state index contributed by atoms with van der Waals surface area (Å²) in [6.07, 6.45) is 6.36. The third kappa shape index (κ3) is 2.46. The highest BCUT2D eigenvalue weighted by Gasteiger charge is 2.32. The highest BCUT2D eigenvalue weighted by atomic mass is 15.2. The van der Waals surface area contributed by atoms with Gasteiger partial charge in [-0.15, -0.1) is 0 Å². The zero-order valence-corrected chi connectivity index (χ0v) is 11.3. The van der Waals surface area contributed by atoms with Gasteiger partial charge in [0.25, 0.3) is 0 Å². The van der Waals surface area contributed by atoms with E-state index in [9.17, 15) is 5.26 Å². The van der Waals surface area contributed by atoms with Gasteiger partial charge in [0.05, 0.1) is 11.3 Å². The normalized spacial score (nSPS) is 27.2. The van der Waals surface area contributed by atoms with Crippen LogP contribution >= 0.6 is 0 Å². The van der Waals surface area contributed by atoms with Gasteiger partial charge in [0, 0.05) is 18.6 Å². The molecule has 100 valence electrons. The number of hydrogen-bond acceptors (Lipinski definition) is 3. The first-order chi connectivity index (χ1) is 9.40. The molecule has 0 aromatic heterocycles. The molecule has 3 nitrogen and oxygen atoms in total. The van der Waals surface area contributed by atoms with E-state index < -0.39 is 0 Å². The standard InChI is InChI=1S/C16H21N3/c17-12-13-6-1-2-8-15(13)19-11-4-3-9-16(19)14-7-5-10-18-14/h1-2,6,8,14,16,18H,3-5,7,9-11H2. The van der Waals surface area contributed by atoms with E-state index in [4.69, 9.17) is 0 Å². The van der Waals surface area contributed by atoms with E-state index >= 15 is 0 Å². The monoisotopic (exact) mass is 255 g/mol. The average Bonchev–Trinajstić information content (AvgIpc) is 3.01. The lowest BCUT2D eigenvalue weighted by molar-refractivity contribution is 0.378. The molecule has 1 aromatic rings. The van der Waals surface area contributed by atoms with E-state index in [1.54, 1.807) is 0 Å². The predicted octanol–water partition coefficient (Wildman–Crippen LogP) is 2.67. The topological polar surface area (TPSA) is 39.1 Å². The average molecular weight is 255 g/mol. The van der Waals surface area contributed by atoms with Crippen LogP contribution < -0.4 is 10.2 Å². The summed E-state index contributed by atoms with van der Waals surface area (Å²) in [5.41, 5.74) is 1.94. The van der Waals surface area contributed by atoms with Crippen molar-refractivity contribution < 1.29 is 0 Å². The second-order valence-corrected chi connectivity index (χ2v) is 5.59. The second-order valence-electron chi connectivity index (χ2n) is 5.59. The molecule has 2 aliphatic heterocycles. The lowest BCUT2D eigenvalue weighted by Crippen LogP contribution is -2.50. The van der Waals surface area contributed by atoms with Gasteiger partial charge >= 0.3 is 0 Å². The van der Waals surface area contributed by atoms with Crippen molar-refractivity contribution in [3.63, 3.8) is 0 Å². The van der Waals surface area contributed by atoms with E-state index in [1.807, 2.05) is 18.2 Å². The zero-order chi connectivity index (χ0) is 13.1. The maximum Gasteiger partial charge on any atom is 0.101 e. The van der Waals surface area contributed by atoms with Crippen LogP contribution in [0.2, 0.25) is 0 Å². The molecule has 2 atom stereocenters. The fourth-order valence-corrected chi connectivity index (χ4v) is 3.53. The van der Waals surface area contributed by atoms with Crippen LogP contribution in [0.5, 0.6) is 0 Å². The Morgan fingerprint density at radius 1 is 1.16 bits per heavy atom. The number of nitrogens with zero attached hydrogens (tertiary/aromatic N) is 2. The van der Waals surface area contributed by atoms with E-state index in [0.29, 0.717) is 12.1 Å². The van der Waals surface area contributed by atoms with Gasteiger partial charge in [-0.05, 0) is 50.8 Å². The van der Waals surface area contributed by atoms with Crippen molar-refractivity contribution >= 4 is 5.69 Å². The van der Waals surface area contributed by atoms with Gasteiger partial charge in [-0.2, -0.15) is 5.26 Å². The molecule has 2 aliphatic rings. The second kappa shape index (κ2) is 5.63. The van der Waals surface area contributed by atoms with Gasteiger partial charge in [-0.25, -0.2) is 0 Å². The lowest BCUT2D eigenvalue weighted by atomic mass is 9.93. The first kappa shape index (κ1) is 12.5. The number of benzene rings is 1. The fraction of sp³-hybridized carbons (Fsp3) is 0.562. The molecule has 19 heavy (non-hydrogen) atoms. The van der Waals surface area contributed by atoms with Gasteiger partial charge in [0.1, 0.15) is 6.07 Å². The Kier molecular flexibility index (Phi) is 3.70. The molecule has 2 fully saturated rings. The van der Waals surface area contributed by atoms with E-state index in [0.717, 1.165) is 24.3 Å². The van der Waals surface area contributed by atoms with Crippen molar-refractivity contribution in [2.75, 3.05) is 18.0 Å². The first-order valence-electron chi connectivity index (χ1n) is 7.39. The largest absolute Gasteiger partial charge is 0.366 e. The van der Waals surface area contributed by atoms with Crippen molar-refractivity contribution in [3.05, 3.63) is 29.8 Å². The van der Waals surface area contributed by atoms with Crippen LogP contribution in [0.1, 0.15) is 37.7 Å². The van der Waals surface area contributed by atoms with Gasteiger partial charge in [0.15, 0.2) is 0 Å². The summed E-state index contributed by atoms with van der Waals surface area (Å²) >= 11 is 0. The van der Waals surface area contributed by atoms with Crippen molar-refractivity contribution in [2.45, 2.75) is 44.2 Å². The molecule has 0 spiro atoms. The molecule has 3 rings (SSSR count). The number of para-hydroxylation sites is 1. The van der Waals surface area contributed by atoms with Gasteiger partial charge in [-0.3, -0.25) is 0 Å². The minimum Gasteiger partial charge on any atom is -0.366 e. The SMILES string of the molecule is N#Cc1ccccc1N1CCCCC1C1CCCN1. The summed E-state index contributed by atoms with van der Waals surface area (Å²) in [5, 5.41) is 12.9. The summed E-state index contributed by atoms with van der Waals surface area (Å²) < 4.78 is 0. The van der Waals surface area contributed by atoms with Crippen molar-refractivity contribution in [1.82, 2.24) is 5.32 Å². The third-order valence-corrected chi connectivity index (χ3v) is 4.45. The molecule has 3 heteroatoms. The van der Waals surface area contributed by atoms with Crippen molar-refractivity contribution in [1.29, 1.82) is 5.26 Å². The number of anilines is 1. The Morgan fingerprint density at radius 2 is 2.05 bits per heavy atom. The summed E-state index contributed by atoms with van der Waals surface area (Å²) in [7, 11) is 0. The van der Waals surface area contributed by atoms with Crippen LogP contribution in [0.4, 0.5) is 5.69 Å². The van der Waals surface area contributed by atoms with E-state index in [1.165, 1.54) is 32.1 Å². The molecule has 1 aromatic carbocycles. The molecule has 0 amide bonds. The smallest absolute Gasteiger partial charge is 0.101 e. The van der Waals surface area contributed by atoms with Crippen LogP contribution in [-0.4, -0.2) is 25.2 Å². The van der Waals surface area contributed by atoms with Crippen LogP contribution in [0.15, 0.2) is 24.3 Å². The number of rotatable bonds is 2. The number of hydrogen-bond donors (Lipinski definition) is 1. The summed E-state index contributed by atoms with van der Waals surface area (Å²) in [4.78, 5) is 2.48.